The van der Waals surface area contributed by atoms with Gasteiger partial charge in [0.05, 0.1) is 0 Å². The van der Waals surface area contributed by atoms with Gasteiger partial charge in [-0.3, -0.25) is 0 Å². The monoisotopic (exact) mass is 213 g/mol. The summed E-state index contributed by atoms with van der Waals surface area (Å²) < 4.78 is 0. The van der Waals surface area contributed by atoms with Crippen LogP contribution in [-0.2, 0) is 4.79 Å². The van der Waals surface area contributed by atoms with Crippen LogP contribution >= 0.6 is 0 Å². The lowest BCUT2D eigenvalue weighted by atomic mass is 9.71. The van der Waals surface area contributed by atoms with Gasteiger partial charge in [-0.1, -0.05) is 33.3 Å². The maximum absolute atomic E-state index is 11.0. The Kier molecular flexibility index (Phi) is 6.25. The SMILES string of the molecule is C=C(C(=O)O)C(CCC)(CCC)CCN. The highest BCUT2D eigenvalue weighted by Gasteiger charge is 2.34. The molecule has 0 aliphatic rings. The number of nitrogens with two attached hydrogens (primary N) is 1. The summed E-state index contributed by atoms with van der Waals surface area (Å²) in [5.74, 6) is -0.884. The fraction of sp³-hybridized carbons (Fsp3) is 0.750. The van der Waals surface area contributed by atoms with Crippen LogP contribution in [0.15, 0.2) is 12.2 Å². The van der Waals surface area contributed by atoms with Crippen LogP contribution in [0.2, 0.25) is 0 Å². The third kappa shape index (κ3) is 3.67. The van der Waals surface area contributed by atoms with Gasteiger partial charge in [-0.25, -0.2) is 4.79 Å². The second-order valence-corrected chi connectivity index (χ2v) is 4.10. The zero-order chi connectivity index (χ0) is 11.9. The standard InChI is InChI=1S/C12H23NO2/c1-4-6-12(7-5-2,8-9-13)10(3)11(14)15/h3-9,13H2,1-2H3,(H,14,15). The molecule has 0 rings (SSSR count). The van der Waals surface area contributed by atoms with Crippen LogP contribution in [-0.4, -0.2) is 17.6 Å². The van der Waals surface area contributed by atoms with E-state index in [-0.39, 0.29) is 5.41 Å². The van der Waals surface area contributed by atoms with Crippen LogP contribution in [0.5, 0.6) is 0 Å². The number of carbonyl (C=O) groups is 1. The molecule has 0 heterocycles. The van der Waals surface area contributed by atoms with E-state index in [9.17, 15) is 4.79 Å². The molecule has 0 saturated heterocycles. The summed E-state index contributed by atoms with van der Waals surface area (Å²) in [7, 11) is 0. The van der Waals surface area contributed by atoms with Gasteiger partial charge in [0, 0.05) is 11.0 Å². The molecule has 0 saturated carbocycles. The molecule has 0 spiro atoms. The summed E-state index contributed by atoms with van der Waals surface area (Å²) in [5, 5.41) is 9.06. The van der Waals surface area contributed by atoms with Crippen molar-refractivity contribution in [1.82, 2.24) is 0 Å². The first-order valence-electron chi connectivity index (χ1n) is 5.66. The predicted molar refractivity (Wildman–Crippen MR) is 62.7 cm³/mol. The molecule has 0 aliphatic heterocycles. The summed E-state index contributed by atoms with van der Waals surface area (Å²) in [6, 6.07) is 0. The van der Waals surface area contributed by atoms with Gasteiger partial charge in [0.25, 0.3) is 0 Å². The molecule has 3 N–H and O–H groups in total. The lowest BCUT2D eigenvalue weighted by Crippen LogP contribution is -2.30. The fourth-order valence-electron chi connectivity index (χ4n) is 2.29. The maximum Gasteiger partial charge on any atom is 0.331 e. The zero-order valence-electron chi connectivity index (χ0n) is 9.88. The van der Waals surface area contributed by atoms with Gasteiger partial charge in [0.1, 0.15) is 0 Å². The fourth-order valence-corrected chi connectivity index (χ4v) is 2.29. The maximum atomic E-state index is 11.0. The summed E-state index contributed by atoms with van der Waals surface area (Å²) in [6.45, 7) is 8.38. The van der Waals surface area contributed by atoms with Crippen molar-refractivity contribution in [2.24, 2.45) is 11.1 Å². The van der Waals surface area contributed by atoms with E-state index in [1.165, 1.54) is 0 Å². The van der Waals surface area contributed by atoms with E-state index in [0.29, 0.717) is 12.1 Å². The summed E-state index contributed by atoms with van der Waals surface area (Å²) >= 11 is 0. The molecule has 3 nitrogen and oxygen atoms in total. The first-order valence-corrected chi connectivity index (χ1v) is 5.66. The van der Waals surface area contributed by atoms with Crippen LogP contribution in [0, 0.1) is 5.41 Å². The zero-order valence-corrected chi connectivity index (χ0v) is 9.88. The Labute approximate surface area is 92.4 Å². The number of hydrogen-bond acceptors (Lipinski definition) is 2. The van der Waals surface area contributed by atoms with E-state index in [0.717, 1.165) is 32.1 Å². The number of carboxylic acid groups (broad SMARTS) is 1. The molecule has 15 heavy (non-hydrogen) atoms. The normalized spacial score (nSPS) is 11.4. The number of hydrogen-bond donors (Lipinski definition) is 2. The Bertz CT molecular complexity index is 207. The van der Waals surface area contributed by atoms with E-state index < -0.39 is 5.97 Å². The Morgan fingerprint density at radius 1 is 1.27 bits per heavy atom. The van der Waals surface area contributed by atoms with Crippen LogP contribution in [0.1, 0.15) is 46.0 Å². The second-order valence-electron chi connectivity index (χ2n) is 4.10. The van der Waals surface area contributed by atoms with E-state index in [2.05, 4.69) is 20.4 Å². The molecule has 88 valence electrons. The van der Waals surface area contributed by atoms with Crippen molar-refractivity contribution in [1.29, 1.82) is 0 Å². The predicted octanol–water partition coefficient (Wildman–Crippen LogP) is 2.56. The van der Waals surface area contributed by atoms with Crippen molar-refractivity contribution < 1.29 is 9.90 Å². The van der Waals surface area contributed by atoms with Crippen molar-refractivity contribution in [3.05, 3.63) is 12.2 Å². The molecular weight excluding hydrogens is 190 g/mol. The van der Waals surface area contributed by atoms with E-state index in [1.54, 1.807) is 0 Å². The molecule has 0 aromatic carbocycles. The van der Waals surface area contributed by atoms with Crippen LogP contribution in [0.25, 0.3) is 0 Å². The summed E-state index contributed by atoms with van der Waals surface area (Å²) in [4.78, 5) is 11.0. The van der Waals surface area contributed by atoms with Crippen molar-refractivity contribution in [3.8, 4) is 0 Å². The lowest BCUT2D eigenvalue weighted by molar-refractivity contribution is -0.134. The Morgan fingerprint density at radius 2 is 1.73 bits per heavy atom. The van der Waals surface area contributed by atoms with Crippen LogP contribution in [0.4, 0.5) is 0 Å². The third-order valence-electron chi connectivity index (χ3n) is 2.98. The van der Waals surface area contributed by atoms with Crippen molar-refractivity contribution >= 4 is 5.97 Å². The van der Waals surface area contributed by atoms with Gasteiger partial charge >= 0.3 is 5.97 Å². The quantitative estimate of drug-likeness (QED) is 0.609. The highest BCUT2D eigenvalue weighted by Crippen LogP contribution is 2.40. The molecule has 0 unspecified atom stereocenters. The number of rotatable bonds is 8. The first-order chi connectivity index (χ1) is 7.04. The van der Waals surface area contributed by atoms with Gasteiger partial charge in [0.2, 0.25) is 0 Å². The van der Waals surface area contributed by atoms with Gasteiger partial charge in [0.15, 0.2) is 0 Å². The Hall–Kier alpha value is -0.830. The number of aliphatic carboxylic acids is 1. The van der Waals surface area contributed by atoms with Crippen LogP contribution in [0.3, 0.4) is 0 Å². The Morgan fingerprint density at radius 3 is 2.00 bits per heavy atom. The highest BCUT2D eigenvalue weighted by molar-refractivity contribution is 5.87. The van der Waals surface area contributed by atoms with Crippen molar-refractivity contribution in [2.75, 3.05) is 6.54 Å². The molecule has 0 aromatic rings. The Balaban J connectivity index is 4.90. The van der Waals surface area contributed by atoms with Gasteiger partial charge in [-0.2, -0.15) is 0 Å². The highest BCUT2D eigenvalue weighted by atomic mass is 16.4. The molecule has 0 fully saturated rings. The molecule has 0 aliphatic carbocycles. The topological polar surface area (TPSA) is 63.3 Å². The average Bonchev–Trinajstić information content (AvgIpc) is 2.17. The molecule has 0 aromatic heterocycles. The summed E-state index contributed by atoms with van der Waals surface area (Å²) in [6.07, 6.45) is 4.38. The third-order valence-corrected chi connectivity index (χ3v) is 2.98. The molecule has 0 bridgehead atoms. The summed E-state index contributed by atoms with van der Waals surface area (Å²) in [5.41, 5.74) is 5.62. The second kappa shape index (κ2) is 6.62. The van der Waals surface area contributed by atoms with Gasteiger partial charge < -0.3 is 10.8 Å². The smallest absolute Gasteiger partial charge is 0.331 e. The minimum absolute atomic E-state index is 0.288. The minimum atomic E-state index is -0.884. The van der Waals surface area contributed by atoms with Crippen molar-refractivity contribution in [2.45, 2.75) is 46.0 Å². The molecule has 0 radical (unpaired) electrons. The van der Waals surface area contributed by atoms with Gasteiger partial charge in [-0.15, -0.1) is 0 Å². The van der Waals surface area contributed by atoms with E-state index in [4.69, 9.17) is 10.8 Å². The van der Waals surface area contributed by atoms with E-state index >= 15 is 0 Å². The van der Waals surface area contributed by atoms with E-state index in [1.807, 2.05) is 0 Å². The molecule has 3 heteroatoms. The average molecular weight is 213 g/mol. The van der Waals surface area contributed by atoms with Crippen LogP contribution < -0.4 is 5.73 Å². The molecule has 0 atom stereocenters. The molecule has 0 amide bonds. The van der Waals surface area contributed by atoms with Crippen molar-refractivity contribution in [3.63, 3.8) is 0 Å². The largest absolute Gasteiger partial charge is 0.478 e. The van der Waals surface area contributed by atoms with Gasteiger partial charge in [-0.05, 0) is 25.8 Å². The molecular formula is C12H23NO2. The number of carboxylic acids is 1. The minimum Gasteiger partial charge on any atom is -0.478 e. The first kappa shape index (κ1) is 14.2. The lowest BCUT2D eigenvalue weighted by Gasteiger charge is -2.33.